The molecule has 0 atom stereocenters. The van der Waals surface area contributed by atoms with Gasteiger partial charge in [-0.3, -0.25) is 0 Å². The summed E-state index contributed by atoms with van der Waals surface area (Å²) in [5.41, 5.74) is 6.38. The van der Waals surface area contributed by atoms with Crippen LogP contribution in [0.3, 0.4) is 0 Å². The third-order valence-corrected chi connectivity index (χ3v) is 2.08. The summed E-state index contributed by atoms with van der Waals surface area (Å²) >= 11 is 0. The first-order valence-corrected chi connectivity index (χ1v) is 5.41. The first-order chi connectivity index (χ1) is 8.27. The monoisotopic (exact) mass is 241 g/mol. The van der Waals surface area contributed by atoms with E-state index in [0.29, 0.717) is 43.6 Å². The molecule has 0 saturated heterocycles. The van der Waals surface area contributed by atoms with E-state index in [-0.39, 0.29) is 0 Å². The summed E-state index contributed by atoms with van der Waals surface area (Å²) in [5.74, 6) is 1.35. The summed E-state index contributed by atoms with van der Waals surface area (Å²) in [4.78, 5) is 0. The molecule has 0 fully saturated rings. The van der Waals surface area contributed by atoms with E-state index in [1.807, 2.05) is 6.07 Å². The zero-order valence-corrected chi connectivity index (χ0v) is 10.3. The number of hydrogen-bond acceptors (Lipinski definition) is 5. The van der Waals surface area contributed by atoms with Crippen LogP contribution in [0.25, 0.3) is 0 Å². The van der Waals surface area contributed by atoms with Crippen molar-refractivity contribution < 1.29 is 18.9 Å². The smallest absolute Gasteiger partial charge is 0.142 e. The molecule has 0 amide bonds. The predicted molar refractivity (Wildman–Crippen MR) is 65.6 cm³/mol. The Bertz CT molecular complexity index is 330. The maximum Gasteiger partial charge on any atom is 0.142 e. The quantitative estimate of drug-likeness (QED) is 0.549. The topological polar surface area (TPSA) is 62.9 Å². The minimum absolute atomic E-state index is 0.477. The van der Waals surface area contributed by atoms with Gasteiger partial charge in [-0.25, -0.2) is 0 Å². The summed E-state index contributed by atoms with van der Waals surface area (Å²) in [6.45, 7) is 2.06. The van der Waals surface area contributed by atoms with Gasteiger partial charge in [-0.15, -0.1) is 0 Å². The SMILES string of the molecule is COCCOc1ccc(OCCOC)c(N)c1. The van der Waals surface area contributed by atoms with Gasteiger partial charge in [0.05, 0.1) is 18.9 Å². The van der Waals surface area contributed by atoms with E-state index in [1.54, 1.807) is 26.4 Å². The molecule has 0 aliphatic rings. The first kappa shape index (κ1) is 13.6. The Morgan fingerprint density at radius 1 is 0.941 bits per heavy atom. The third-order valence-electron chi connectivity index (χ3n) is 2.08. The lowest BCUT2D eigenvalue weighted by atomic mass is 10.3. The molecule has 1 aromatic carbocycles. The first-order valence-electron chi connectivity index (χ1n) is 5.41. The van der Waals surface area contributed by atoms with Crippen LogP contribution in [-0.2, 0) is 9.47 Å². The second-order valence-electron chi connectivity index (χ2n) is 3.38. The van der Waals surface area contributed by atoms with Crippen molar-refractivity contribution in [2.45, 2.75) is 0 Å². The van der Waals surface area contributed by atoms with Crippen LogP contribution in [0.15, 0.2) is 18.2 Å². The van der Waals surface area contributed by atoms with E-state index in [1.165, 1.54) is 0 Å². The number of anilines is 1. The maximum absolute atomic E-state index is 5.83. The molecule has 17 heavy (non-hydrogen) atoms. The second-order valence-corrected chi connectivity index (χ2v) is 3.38. The van der Waals surface area contributed by atoms with Gasteiger partial charge in [0, 0.05) is 20.3 Å². The summed E-state index contributed by atoms with van der Waals surface area (Å²) in [6, 6.07) is 5.33. The van der Waals surface area contributed by atoms with Crippen molar-refractivity contribution in [1.29, 1.82) is 0 Å². The van der Waals surface area contributed by atoms with E-state index in [0.717, 1.165) is 0 Å². The van der Waals surface area contributed by atoms with E-state index in [2.05, 4.69) is 0 Å². The molecule has 5 nitrogen and oxygen atoms in total. The molecule has 0 saturated carbocycles. The van der Waals surface area contributed by atoms with Crippen LogP contribution < -0.4 is 15.2 Å². The number of nitrogen functional groups attached to an aromatic ring is 1. The van der Waals surface area contributed by atoms with Crippen LogP contribution in [0, 0.1) is 0 Å². The van der Waals surface area contributed by atoms with E-state index in [9.17, 15) is 0 Å². The fourth-order valence-corrected chi connectivity index (χ4v) is 1.23. The Balaban J connectivity index is 2.47. The molecule has 0 bridgehead atoms. The minimum atomic E-state index is 0.477. The second kappa shape index (κ2) is 7.76. The zero-order valence-electron chi connectivity index (χ0n) is 10.3. The Hall–Kier alpha value is -1.46. The fourth-order valence-electron chi connectivity index (χ4n) is 1.23. The fraction of sp³-hybridized carbons (Fsp3) is 0.500. The van der Waals surface area contributed by atoms with Gasteiger partial charge in [-0.2, -0.15) is 0 Å². The molecule has 0 aromatic heterocycles. The van der Waals surface area contributed by atoms with Crippen LogP contribution in [0.1, 0.15) is 0 Å². The van der Waals surface area contributed by atoms with Crippen molar-refractivity contribution in [2.75, 3.05) is 46.4 Å². The van der Waals surface area contributed by atoms with Crippen LogP contribution in [0.5, 0.6) is 11.5 Å². The van der Waals surface area contributed by atoms with Gasteiger partial charge in [0.15, 0.2) is 0 Å². The van der Waals surface area contributed by atoms with Gasteiger partial charge < -0.3 is 24.7 Å². The van der Waals surface area contributed by atoms with Crippen LogP contribution in [-0.4, -0.2) is 40.6 Å². The van der Waals surface area contributed by atoms with Crippen LogP contribution >= 0.6 is 0 Å². The minimum Gasteiger partial charge on any atom is -0.491 e. The van der Waals surface area contributed by atoms with Crippen LogP contribution in [0.4, 0.5) is 5.69 Å². The number of methoxy groups -OCH3 is 2. The highest BCUT2D eigenvalue weighted by Gasteiger charge is 2.02. The van der Waals surface area contributed by atoms with Gasteiger partial charge in [-0.1, -0.05) is 0 Å². The average molecular weight is 241 g/mol. The lowest BCUT2D eigenvalue weighted by Gasteiger charge is -2.10. The molecule has 0 aliphatic carbocycles. The highest BCUT2D eigenvalue weighted by molar-refractivity contribution is 5.56. The standard InChI is InChI=1S/C12H19NO4/c1-14-5-7-16-10-3-4-12(11(13)9-10)17-8-6-15-2/h3-4,9H,5-8,13H2,1-2H3. The molecule has 1 rings (SSSR count). The molecule has 0 aliphatic heterocycles. The number of benzene rings is 1. The number of nitrogens with two attached hydrogens (primary N) is 1. The lowest BCUT2D eigenvalue weighted by Crippen LogP contribution is -2.07. The van der Waals surface area contributed by atoms with Crippen LogP contribution in [0.2, 0.25) is 0 Å². The van der Waals surface area contributed by atoms with Gasteiger partial charge in [0.2, 0.25) is 0 Å². The molecule has 0 radical (unpaired) electrons. The van der Waals surface area contributed by atoms with E-state index < -0.39 is 0 Å². The van der Waals surface area contributed by atoms with Crippen molar-refractivity contribution in [2.24, 2.45) is 0 Å². The Morgan fingerprint density at radius 3 is 2.18 bits per heavy atom. The Kier molecular flexibility index (Phi) is 6.21. The van der Waals surface area contributed by atoms with Gasteiger partial charge >= 0.3 is 0 Å². The highest BCUT2D eigenvalue weighted by atomic mass is 16.5. The van der Waals surface area contributed by atoms with Crippen molar-refractivity contribution in [3.05, 3.63) is 18.2 Å². The van der Waals surface area contributed by atoms with Crippen molar-refractivity contribution in [1.82, 2.24) is 0 Å². The summed E-state index contributed by atoms with van der Waals surface area (Å²) < 4.78 is 20.6. The number of ether oxygens (including phenoxy) is 4. The van der Waals surface area contributed by atoms with Crippen molar-refractivity contribution in [3.8, 4) is 11.5 Å². The average Bonchev–Trinajstić information content (AvgIpc) is 2.32. The lowest BCUT2D eigenvalue weighted by molar-refractivity contribution is 0.144. The molecule has 96 valence electrons. The molecular weight excluding hydrogens is 222 g/mol. The maximum atomic E-state index is 5.83. The highest BCUT2D eigenvalue weighted by Crippen LogP contribution is 2.26. The number of rotatable bonds is 8. The van der Waals surface area contributed by atoms with E-state index >= 15 is 0 Å². The normalized spacial score (nSPS) is 10.2. The molecular formula is C12H19NO4. The van der Waals surface area contributed by atoms with Gasteiger partial charge in [0.25, 0.3) is 0 Å². The predicted octanol–water partition coefficient (Wildman–Crippen LogP) is 1.32. The van der Waals surface area contributed by atoms with Gasteiger partial charge in [0.1, 0.15) is 24.7 Å². The summed E-state index contributed by atoms with van der Waals surface area (Å²) in [5, 5.41) is 0. The zero-order chi connectivity index (χ0) is 12.5. The largest absolute Gasteiger partial charge is 0.491 e. The Labute approximate surface area is 101 Å². The molecule has 5 heteroatoms. The summed E-state index contributed by atoms with van der Waals surface area (Å²) in [7, 11) is 3.25. The van der Waals surface area contributed by atoms with Gasteiger partial charge in [-0.05, 0) is 12.1 Å². The molecule has 0 spiro atoms. The third kappa shape index (κ3) is 4.93. The van der Waals surface area contributed by atoms with E-state index in [4.69, 9.17) is 24.7 Å². The van der Waals surface area contributed by atoms with Crippen molar-refractivity contribution >= 4 is 5.69 Å². The number of hydrogen-bond donors (Lipinski definition) is 1. The van der Waals surface area contributed by atoms with Crippen molar-refractivity contribution in [3.63, 3.8) is 0 Å². The summed E-state index contributed by atoms with van der Waals surface area (Å²) in [6.07, 6.45) is 0. The molecule has 2 N–H and O–H groups in total. The molecule has 0 heterocycles. The molecule has 0 unspecified atom stereocenters. The molecule has 1 aromatic rings. The Morgan fingerprint density at radius 2 is 1.59 bits per heavy atom.